The summed E-state index contributed by atoms with van der Waals surface area (Å²) in [6.45, 7) is 3.25. The summed E-state index contributed by atoms with van der Waals surface area (Å²) in [5, 5.41) is 3.44. The zero-order valence-electron chi connectivity index (χ0n) is 7.38. The van der Waals surface area contributed by atoms with Crippen molar-refractivity contribution in [2.24, 2.45) is 0 Å². The van der Waals surface area contributed by atoms with E-state index in [1.54, 1.807) is 0 Å². The van der Waals surface area contributed by atoms with Crippen LogP contribution in [0.25, 0.3) is 0 Å². The Kier molecular flexibility index (Phi) is 2.09. The lowest BCUT2D eigenvalue weighted by molar-refractivity contribution is 0.627. The van der Waals surface area contributed by atoms with Crippen LogP contribution >= 0.6 is 0 Å². The van der Waals surface area contributed by atoms with Crippen molar-refractivity contribution in [2.75, 3.05) is 6.54 Å². The predicted octanol–water partition coefficient (Wildman–Crippen LogP) is 1.81. The second-order valence-electron chi connectivity index (χ2n) is 3.41. The van der Waals surface area contributed by atoms with Crippen LogP contribution in [0.3, 0.4) is 0 Å². The number of hydrogen-bond acceptors (Lipinski definition) is 2. The number of nitrogens with one attached hydrogen (secondary N) is 1. The molecule has 2 nitrogen and oxygen atoms in total. The molecule has 64 valence electrons. The van der Waals surface area contributed by atoms with Gasteiger partial charge >= 0.3 is 0 Å². The number of aryl methyl sites for hydroxylation is 1. The number of rotatable bonds is 1. The van der Waals surface area contributed by atoms with Crippen molar-refractivity contribution in [3.63, 3.8) is 0 Å². The minimum absolute atomic E-state index is 0.505. The Bertz CT molecular complexity index is 264. The monoisotopic (exact) mass is 162 g/mol. The van der Waals surface area contributed by atoms with Crippen LogP contribution in [0.1, 0.15) is 30.1 Å². The number of nitrogens with zero attached hydrogens (tertiary/aromatic N) is 1. The first-order chi connectivity index (χ1) is 5.86. The number of aromatic nitrogens is 1. The van der Waals surface area contributed by atoms with Gasteiger partial charge in [-0.3, -0.25) is 4.98 Å². The molecular weight excluding hydrogens is 148 g/mol. The standard InChI is InChI=1S/C10H14N2/c1-8-4-6-12-10(7-8)9-3-2-5-11-9/h4,6-7,9,11H,2-3,5H2,1H3/t9-/m0/s1. The fraction of sp³-hybridized carbons (Fsp3) is 0.500. The topological polar surface area (TPSA) is 24.9 Å². The predicted molar refractivity (Wildman–Crippen MR) is 49.0 cm³/mol. The maximum atomic E-state index is 4.36. The van der Waals surface area contributed by atoms with Crippen LogP contribution in [0.15, 0.2) is 18.3 Å². The van der Waals surface area contributed by atoms with Gasteiger partial charge in [0.25, 0.3) is 0 Å². The van der Waals surface area contributed by atoms with Gasteiger partial charge in [0.15, 0.2) is 0 Å². The summed E-state index contributed by atoms with van der Waals surface area (Å²) in [7, 11) is 0. The molecule has 1 aliphatic heterocycles. The molecule has 0 spiro atoms. The Labute approximate surface area is 73.0 Å². The minimum Gasteiger partial charge on any atom is -0.309 e. The molecule has 1 atom stereocenters. The molecule has 0 unspecified atom stereocenters. The lowest BCUT2D eigenvalue weighted by Crippen LogP contribution is -2.14. The molecule has 2 rings (SSSR count). The van der Waals surface area contributed by atoms with E-state index in [-0.39, 0.29) is 0 Å². The van der Waals surface area contributed by atoms with Gasteiger partial charge in [-0.25, -0.2) is 0 Å². The van der Waals surface area contributed by atoms with Crippen molar-refractivity contribution in [2.45, 2.75) is 25.8 Å². The van der Waals surface area contributed by atoms with E-state index in [4.69, 9.17) is 0 Å². The number of hydrogen-bond donors (Lipinski definition) is 1. The average molecular weight is 162 g/mol. The van der Waals surface area contributed by atoms with E-state index in [0.29, 0.717) is 6.04 Å². The Balaban J connectivity index is 2.21. The molecule has 0 amide bonds. The molecule has 0 saturated carbocycles. The highest BCUT2D eigenvalue weighted by molar-refractivity contribution is 5.17. The molecular formula is C10H14N2. The fourth-order valence-corrected chi connectivity index (χ4v) is 1.69. The highest BCUT2D eigenvalue weighted by atomic mass is 15.0. The summed E-state index contributed by atoms with van der Waals surface area (Å²) < 4.78 is 0. The second kappa shape index (κ2) is 3.23. The first kappa shape index (κ1) is 7.74. The van der Waals surface area contributed by atoms with Crippen LogP contribution in [-0.2, 0) is 0 Å². The highest BCUT2D eigenvalue weighted by Gasteiger charge is 2.16. The van der Waals surface area contributed by atoms with E-state index in [9.17, 15) is 0 Å². The summed E-state index contributed by atoms with van der Waals surface area (Å²) in [6.07, 6.45) is 4.40. The summed E-state index contributed by atoms with van der Waals surface area (Å²) >= 11 is 0. The van der Waals surface area contributed by atoms with Crippen LogP contribution in [-0.4, -0.2) is 11.5 Å². The van der Waals surface area contributed by atoms with Crippen molar-refractivity contribution in [1.29, 1.82) is 0 Å². The first-order valence-corrected chi connectivity index (χ1v) is 4.52. The van der Waals surface area contributed by atoms with Crippen molar-refractivity contribution >= 4 is 0 Å². The molecule has 0 aromatic carbocycles. The largest absolute Gasteiger partial charge is 0.309 e. The molecule has 1 saturated heterocycles. The van der Waals surface area contributed by atoms with Gasteiger partial charge in [-0.05, 0) is 44.0 Å². The number of pyridine rings is 1. The third-order valence-electron chi connectivity index (χ3n) is 2.35. The molecule has 1 aromatic rings. The molecule has 1 fully saturated rings. The minimum atomic E-state index is 0.505. The lowest BCUT2D eigenvalue weighted by atomic mass is 10.1. The Morgan fingerprint density at radius 1 is 1.58 bits per heavy atom. The summed E-state index contributed by atoms with van der Waals surface area (Å²) in [5.74, 6) is 0. The van der Waals surface area contributed by atoms with Gasteiger partial charge in [0, 0.05) is 12.2 Å². The van der Waals surface area contributed by atoms with E-state index >= 15 is 0 Å². The van der Waals surface area contributed by atoms with Crippen LogP contribution < -0.4 is 5.32 Å². The van der Waals surface area contributed by atoms with Gasteiger partial charge in [0.2, 0.25) is 0 Å². The van der Waals surface area contributed by atoms with Crippen LogP contribution in [0.5, 0.6) is 0 Å². The zero-order chi connectivity index (χ0) is 8.39. The molecule has 12 heavy (non-hydrogen) atoms. The van der Waals surface area contributed by atoms with Crippen molar-refractivity contribution in [1.82, 2.24) is 10.3 Å². The first-order valence-electron chi connectivity index (χ1n) is 4.52. The van der Waals surface area contributed by atoms with E-state index in [1.165, 1.54) is 24.1 Å². The third-order valence-corrected chi connectivity index (χ3v) is 2.35. The second-order valence-corrected chi connectivity index (χ2v) is 3.41. The third kappa shape index (κ3) is 1.48. The normalized spacial score (nSPS) is 22.9. The summed E-state index contributed by atoms with van der Waals surface area (Å²) in [4.78, 5) is 4.36. The Morgan fingerprint density at radius 3 is 3.17 bits per heavy atom. The molecule has 2 heterocycles. The SMILES string of the molecule is Cc1ccnc([C@@H]2CCCN2)c1. The molecule has 1 N–H and O–H groups in total. The average Bonchev–Trinajstić information content (AvgIpc) is 2.56. The quantitative estimate of drug-likeness (QED) is 0.681. The Morgan fingerprint density at radius 2 is 2.50 bits per heavy atom. The molecule has 0 radical (unpaired) electrons. The van der Waals surface area contributed by atoms with Gasteiger partial charge in [0.05, 0.1) is 5.69 Å². The molecule has 1 aliphatic rings. The van der Waals surface area contributed by atoms with Gasteiger partial charge in [-0.15, -0.1) is 0 Å². The van der Waals surface area contributed by atoms with Crippen LogP contribution in [0.2, 0.25) is 0 Å². The molecule has 2 heteroatoms. The van der Waals surface area contributed by atoms with E-state index in [2.05, 4.69) is 23.3 Å². The van der Waals surface area contributed by atoms with Crippen LogP contribution in [0.4, 0.5) is 0 Å². The summed E-state index contributed by atoms with van der Waals surface area (Å²) in [5.41, 5.74) is 2.50. The van der Waals surface area contributed by atoms with Crippen LogP contribution in [0, 0.1) is 6.92 Å². The highest BCUT2D eigenvalue weighted by Crippen LogP contribution is 2.21. The Hall–Kier alpha value is -0.890. The molecule has 0 bridgehead atoms. The van der Waals surface area contributed by atoms with Crippen molar-refractivity contribution < 1.29 is 0 Å². The van der Waals surface area contributed by atoms with E-state index in [1.807, 2.05) is 12.3 Å². The summed E-state index contributed by atoms with van der Waals surface area (Å²) in [6, 6.07) is 4.71. The van der Waals surface area contributed by atoms with E-state index < -0.39 is 0 Å². The maximum absolute atomic E-state index is 4.36. The molecule has 0 aliphatic carbocycles. The molecule has 1 aromatic heterocycles. The maximum Gasteiger partial charge on any atom is 0.0575 e. The van der Waals surface area contributed by atoms with Gasteiger partial charge in [0.1, 0.15) is 0 Å². The fourth-order valence-electron chi connectivity index (χ4n) is 1.69. The van der Waals surface area contributed by atoms with Crippen molar-refractivity contribution in [3.05, 3.63) is 29.6 Å². The van der Waals surface area contributed by atoms with E-state index in [0.717, 1.165) is 6.54 Å². The lowest BCUT2D eigenvalue weighted by Gasteiger charge is -2.09. The zero-order valence-corrected chi connectivity index (χ0v) is 7.38. The van der Waals surface area contributed by atoms with Gasteiger partial charge in [-0.2, -0.15) is 0 Å². The van der Waals surface area contributed by atoms with Gasteiger partial charge < -0.3 is 5.32 Å². The smallest absolute Gasteiger partial charge is 0.0575 e. The van der Waals surface area contributed by atoms with Crippen molar-refractivity contribution in [3.8, 4) is 0 Å². The van der Waals surface area contributed by atoms with Gasteiger partial charge in [-0.1, -0.05) is 0 Å².